The van der Waals surface area contributed by atoms with Crippen LogP contribution in [0, 0.1) is 6.92 Å². The van der Waals surface area contributed by atoms with Crippen LogP contribution in [0.15, 0.2) is 64.4 Å². The summed E-state index contributed by atoms with van der Waals surface area (Å²) >= 11 is 0. The number of hydrogen-bond acceptors (Lipinski definition) is 5. The first-order chi connectivity index (χ1) is 16.2. The average Bonchev–Trinajstić information content (AvgIpc) is 3.20. The van der Waals surface area contributed by atoms with Crippen LogP contribution in [0.25, 0.3) is 16.7 Å². The van der Waals surface area contributed by atoms with Gasteiger partial charge in [0.05, 0.1) is 16.9 Å². The van der Waals surface area contributed by atoms with Crippen molar-refractivity contribution < 1.29 is 13.2 Å². The first-order valence-electron chi connectivity index (χ1n) is 11.7. The van der Waals surface area contributed by atoms with E-state index in [-0.39, 0.29) is 20.6 Å². The van der Waals surface area contributed by atoms with Crippen molar-refractivity contribution in [3.05, 3.63) is 71.3 Å². The fourth-order valence-corrected chi connectivity index (χ4v) is 5.73. The van der Waals surface area contributed by atoms with Crippen LogP contribution in [0.5, 0.6) is 5.75 Å². The van der Waals surface area contributed by atoms with Crippen LogP contribution in [0.2, 0.25) is 0 Å². The number of nitrogens with zero attached hydrogens (tertiary/aromatic N) is 3. The molecule has 0 atom stereocenters. The Bertz CT molecular complexity index is 1510. The summed E-state index contributed by atoms with van der Waals surface area (Å²) in [5.74, 6) is 0.723. The van der Waals surface area contributed by atoms with Gasteiger partial charge in [0.1, 0.15) is 22.5 Å². The Labute approximate surface area is 207 Å². The molecular formula is C28H33N3O3S. The van der Waals surface area contributed by atoms with E-state index in [9.17, 15) is 8.42 Å². The van der Waals surface area contributed by atoms with E-state index in [1.54, 1.807) is 60.4 Å². The average molecular weight is 492 g/mol. The van der Waals surface area contributed by atoms with Crippen molar-refractivity contribution in [2.75, 3.05) is 7.11 Å². The van der Waals surface area contributed by atoms with E-state index in [2.05, 4.69) is 54.5 Å². The molecule has 1 heterocycles. The Morgan fingerprint density at radius 1 is 0.771 bits per heavy atom. The van der Waals surface area contributed by atoms with Gasteiger partial charge >= 0.3 is 0 Å². The van der Waals surface area contributed by atoms with E-state index in [1.165, 1.54) is 5.56 Å². The van der Waals surface area contributed by atoms with E-state index in [1.807, 2.05) is 0 Å². The van der Waals surface area contributed by atoms with Gasteiger partial charge in [0.15, 0.2) is 0 Å². The smallest absolute Gasteiger partial charge is 0.206 e. The summed E-state index contributed by atoms with van der Waals surface area (Å²) in [6, 6.07) is 15.5. The van der Waals surface area contributed by atoms with E-state index in [0.717, 1.165) is 22.6 Å². The minimum Gasteiger partial charge on any atom is -0.494 e. The number of rotatable bonds is 4. The van der Waals surface area contributed by atoms with Crippen LogP contribution < -0.4 is 4.74 Å². The lowest BCUT2D eigenvalue weighted by Crippen LogP contribution is -2.21. The third-order valence-electron chi connectivity index (χ3n) is 6.24. The van der Waals surface area contributed by atoms with E-state index < -0.39 is 9.84 Å². The molecule has 3 aromatic carbocycles. The Kier molecular flexibility index (Phi) is 6.04. The van der Waals surface area contributed by atoms with Gasteiger partial charge in [0.2, 0.25) is 9.84 Å². The number of sulfone groups is 1. The highest BCUT2D eigenvalue weighted by Crippen LogP contribution is 2.42. The molecule has 7 heteroatoms. The van der Waals surface area contributed by atoms with Crippen LogP contribution in [-0.4, -0.2) is 30.5 Å². The van der Waals surface area contributed by atoms with Gasteiger partial charge < -0.3 is 4.74 Å². The van der Waals surface area contributed by atoms with Crippen molar-refractivity contribution >= 4 is 20.9 Å². The molecule has 1 aromatic heterocycles. The largest absolute Gasteiger partial charge is 0.494 e. The summed E-state index contributed by atoms with van der Waals surface area (Å²) in [5, 5.41) is 9.45. The highest BCUT2D eigenvalue weighted by Gasteiger charge is 2.30. The van der Waals surface area contributed by atoms with Crippen molar-refractivity contribution in [3.63, 3.8) is 0 Å². The number of hydrogen-bond donors (Lipinski definition) is 0. The molecule has 0 saturated carbocycles. The lowest BCUT2D eigenvalue weighted by Gasteiger charge is -2.30. The Balaban J connectivity index is 1.96. The first-order valence-corrected chi connectivity index (χ1v) is 13.1. The molecule has 4 rings (SSSR count). The summed E-state index contributed by atoms with van der Waals surface area (Å²) in [6.07, 6.45) is 0. The second kappa shape index (κ2) is 8.48. The fraction of sp³-hybridized carbons (Fsp3) is 0.357. The summed E-state index contributed by atoms with van der Waals surface area (Å²) in [5.41, 5.74) is 4.89. The monoisotopic (exact) mass is 491 g/mol. The first kappa shape index (κ1) is 24.9. The van der Waals surface area contributed by atoms with Crippen molar-refractivity contribution in [1.82, 2.24) is 15.0 Å². The number of benzene rings is 3. The molecule has 0 amide bonds. The maximum atomic E-state index is 13.1. The number of methoxy groups -OCH3 is 1. The van der Waals surface area contributed by atoms with Gasteiger partial charge in [0.25, 0.3) is 0 Å². The van der Waals surface area contributed by atoms with Gasteiger partial charge in [-0.05, 0) is 59.2 Å². The molecule has 0 radical (unpaired) electrons. The highest BCUT2D eigenvalue weighted by molar-refractivity contribution is 7.91. The minimum atomic E-state index is -3.66. The number of aromatic nitrogens is 3. The minimum absolute atomic E-state index is 0.103. The summed E-state index contributed by atoms with van der Waals surface area (Å²) < 4.78 is 32.2. The molecule has 35 heavy (non-hydrogen) atoms. The summed E-state index contributed by atoms with van der Waals surface area (Å²) in [4.78, 5) is 2.02. The van der Waals surface area contributed by atoms with Crippen molar-refractivity contribution in [2.24, 2.45) is 0 Å². The molecule has 0 aliphatic rings. The highest BCUT2D eigenvalue weighted by atomic mass is 32.2. The molecule has 0 bridgehead atoms. The third-order valence-corrected chi connectivity index (χ3v) is 8.01. The van der Waals surface area contributed by atoms with Crippen LogP contribution in [0.3, 0.4) is 0 Å². The number of fused-ring (bicyclic) bond motifs is 1. The zero-order valence-electron chi connectivity index (χ0n) is 21.7. The topological polar surface area (TPSA) is 74.1 Å². The zero-order chi connectivity index (χ0) is 25.8. The molecule has 0 fully saturated rings. The molecule has 0 aliphatic carbocycles. The van der Waals surface area contributed by atoms with E-state index >= 15 is 0 Å². The van der Waals surface area contributed by atoms with Gasteiger partial charge in [-0.2, -0.15) is 0 Å². The lowest BCUT2D eigenvalue weighted by atomic mass is 9.77. The molecule has 0 N–H and O–H groups in total. The van der Waals surface area contributed by atoms with Gasteiger partial charge in [0, 0.05) is 5.56 Å². The van der Waals surface area contributed by atoms with Crippen LogP contribution in [-0.2, 0) is 20.7 Å². The molecule has 4 aromatic rings. The van der Waals surface area contributed by atoms with E-state index in [4.69, 9.17) is 14.9 Å². The molecule has 184 valence electrons. The molecule has 0 unspecified atom stereocenters. The molecular weight excluding hydrogens is 458 g/mol. The summed E-state index contributed by atoms with van der Waals surface area (Å²) in [7, 11) is -2.00. The standard InChI is InChI=1S/C28H33N3O3S/c1-18-21(27(2,3)4)17-22(28(5,6)7)26(34-8)25(18)31-29-23-15-14-20(16-24(23)30-31)35(32,33)19-12-10-9-11-13-19/h9-17H,1-8H3. The van der Waals surface area contributed by atoms with Crippen molar-refractivity contribution in [1.29, 1.82) is 0 Å². The molecule has 6 nitrogen and oxygen atoms in total. The van der Waals surface area contributed by atoms with Gasteiger partial charge in [-0.3, -0.25) is 0 Å². The lowest BCUT2D eigenvalue weighted by molar-refractivity contribution is 0.391. The van der Waals surface area contributed by atoms with Crippen LogP contribution >= 0.6 is 0 Å². The normalized spacial score (nSPS) is 12.8. The Morgan fingerprint density at radius 2 is 1.37 bits per heavy atom. The predicted molar refractivity (Wildman–Crippen MR) is 139 cm³/mol. The molecule has 0 aliphatic heterocycles. The van der Waals surface area contributed by atoms with Gasteiger partial charge in [-0.25, -0.2) is 8.42 Å². The van der Waals surface area contributed by atoms with Gasteiger partial charge in [-0.15, -0.1) is 15.0 Å². The Morgan fingerprint density at radius 3 is 1.94 bits per heavy atom. The van der Waals surface area contributed by atoms with E-state index in [0.29, 0.717) is 11.0 Å². The second-order valence-electron chi connectivity index (χ2n) is 10.9. The zero-order valence-corrected chi connectivity index (χ0v) is 22.5. The van der Waals surface area contributed by atoms with Crippen LogP contribution in [0.4, 0.5) is 0 Å². The SMILES string of the molecule is COc1c(C(C)(C)C)cc(C(C)(C)C)c(C)c1-n1nc2ccc(S(=O)(=O)c3ccccc3)cc2n1. The Hall–Kier alpha value is -3.19. The van der Waals surface area contributed by atoms with Crippen LogP contribution in [0.1, 0.15) is 58.2 Å². The number of ether oxygens (including phenoxy) is 1. The summed E-state index contributed by atoms with van der Waals surface area (Å²) in [6.45, 7) is 15.1. The molecule has 0 spiro atoms. The molecule has 0 saturated heterocycles. The maximum Gasteiger partial charge on any atom is 0.206 e. The quantitative estimate of drug-likeness (QED) is 0.341. The van der Waals surface area contributed by atoms with Crippen molar-refractivity contribution in [3.8, 4) is 11.4 Å². The maximum absolute atomic E-state index is 13.1. The fourth-order valence-electron chi connectivity index (χ4n) is 4.42. The van der Waals surface area contributed by atoms with Crippen molar-refractivity contribution in [2.45, 2.75) is 69.1 Å². The predicted octanol–water partition coefficient (Wildman–Crippen LogP) is 6.17. The second-order valence-corrected chi connectivity index (χ2v) is 12.9. The third kappa shape index (κ3) is 4.45. The van der Waals surface area contributed by atoms with Gasteiger partial charge in [-0.1, -0.05) is 65.8 Å².